The molecule has 0 spiro atoms. The number of benzene rings is 1. The fraction of sp³-hybridized carbons (Fsp3) is 0.368. The summed E-state index contributed by atoms with van der Waals surface area (Å²) in [6.07, 6.45) is 2.28. The van der Waals surface area contributed by atoms with Gasteiger partial charge in [0.15, 0.2) is 10.6 Å². The molecule has 0 radical (unpaired) electrons. The van der Waals surface area contributed by atoms with Crippen LogP contribution in [0.2, 0.25) is 0 Å². The van der Waals surface area contributed by atoms with Crippen molar-refractivity contribution in [3.63, 3.8) is 0 Å². The van der Waals surface area contributed by atoms with Gasteiger partial charge in [0.25, 0.3) is 0 Å². The highest BCUT2D eigenvalue weighted by atomic mass is 32.1. The van der Waals surface area contributed by atoms with E-state index in [0.29, 0.717) is 6.04 Å². The maximum absolute atomic E-state index is 5.58. The smallest absolute Gasteiger partial charge is 0.209 e. The zero-order valence-corrected chi connectivity index (χ0v) is 17.8. The topological polar surface area (TPSA) is 43.5 Å². The van der Waals surface area contributed by atoms with Crippen molar-refractivity contribution in [2.75, 3.05) is 19.0 Å². The Hall–Kier alpha value is -1.74. The Morgan fingerprint density at radius 1 is 1.33 bits per heavy atom. The number of hydrogen-bond acceptors (Lipinski definition) is 6. The molecule has 3 aromatic rings. The van der Waals surface area contributed by atoms with Crippen LogP contribution >= 0.6 is 34.9 Å². The molecule has 1 aromatic carbocycles. The minimum Gasteiger partial charge on any atom is -0.497 e. The molecule has 3 heterocycles. The lowest BCUT2D eigenvalue weighted by Gasteiger charge is -2.31. The van der Waals surface area contributed by atoms with E-state index in [4.69, 9.17) is 22.1 Å². The second-order valence-electron chi connectivity index (χ2n) is 6.60. The van der Waals surface area contributed by atoms with Crippen LogP contribution in [0.4, 0.5) is 10.8 Å². The van der Waals surface area contributed by atoms with E-state index in [1.54, 1.807) is 16.9 Å². The summed E-state index contributed by atoms with van der Waals surface area (Å²) >= 11 is 8.99. The molecule has 2 aromatic heterocycles. The first-order valence-corrected chi connectivity index (χ1v) is 11.2. The van der Waals surface area contributed by atoms with Crippen LogP contribution < -0.4 is 15.0 Å². The van der Waals surface area contributed by atoms with Gasteiger partial charge in [0.1, 0.15) is 11.8 Å². The van der Waals surface area contributed by atoms with Crippen LogP contribution in [0.25, 0.3) is 0 Å². The maximum Gasteiger partial charge on any atom is 0.209 e. The van der Waals surface area contributed by atoms with E-state index in [-0.39, 0.29) is 0 Å². The van der Waals surface area contributed by atoms with Gasteiger partial charge in [-0.25, -0.2) is 0 Å². The lowest BCUT2D eigenvalue weighted by atomic mass is 9.98. The number of rotatable bonds is 6. The van der Waals surface area contributed by atoms with Crippen LogP contribution in [0.1, 0.15) is 29.8 Å². The Morgan fingerprint density at radius 3 is 2.89 bits per heavy atom. The number of aromatic nitrogens is 2. The van der Waals surface area contributed by atoms with Crippen molar-refractivity contribution in [1.82, 2.24) is 9.78 Å². The fourth-order valence-electron chi connectivity index (χ4n) is 3.68. The summed E-state index contributed by atoms with van der Waals surface area (Å²) in [6, 6.07) is 10.6. The Labute approximate surface area is 172 Å². The molecule has 0 saturated heterocycles. The summed E-state index contributed by atoms with van der Waals surface area (Å²) in [4.78, 5) is 3.09. The molecule has 8 heteroatoms. The monoisotopic (exact) mass is 419 g/mol. The maximum atomic E-state index is 5.58. The van der Waals surface area contributed by atoms with Crippen LogP contribution in [0.5, 0.6) is 5.75 Å². The third kappa shape index (κ3) is 3.94. The Balaban J connectivity index is 1.49. The van der Waals surface area contributed by atoms with E-state index in [1.807, 2.05) is 40.3 Å². The zero-order valence-electron chi connectivity index (χ0n) is 15.4. The number of hydrogen-bond donors (Lipinski definition) is 2. The van der Waals surface area contributed by atoms with Crippen molar-refractivity contribution in [2.45, 2.75) is 32.5 Å². The zero-order chi connectivity index (χ0) is 18.8. The summed E-state index contributed by atoms with van der Waals surface area (Å²) in [5, 5.41) is 11.1. The lowest BCUT2D eigenvalue weighted by Crippen LogP contribution is -3.12. The number of nitrogens with zero attached hydrogens (tertiary/aromatic N) is 2. The highest BCUT2D eigenvalue weighted by Crippen LogP contribution is 2.27. The number of ether oxygens (including phenoxy) is 1. The van der Waals surface area contributed by atoms with Gasteiger partial charge in [0.05, 0.1) is 13.7 Å². The van der Waals surface area contributed by atoms with Crippen molar-refractivity contribution in [3.05, 3.63) is 50.1 Å². The van der Waals surface area contributed by atoms with Crippen LogP contribution in [0.15, 0.2) is 35.7 Å². The van der Waals surface area contributed by atoms with Crippen molar-refractivity contribution >= 4 is 45.7 Å². The van der Waals surface area contributed by atoms with E-state index >= 15 is 0 Å². The molecule has 5 nitrogen and oxygen atoms in total. The van der Waals surface area contributed by atoms with Gasteiger partial charge in [-0.3, -0.25) is 0 Å². The highest BCUT2D eigenvalue weighted by molar-refractivity contribution is 7.73. The Bertz CT molecular complexity index is 960. The minimum absolute atomic E-state index is 0.529. The number of nitrogens with one attached hydrogen (secondary N) is 2. The fourth-order valence-corrected chi connectivity index (χ4v) is 5.65. The molecule has 27 heavy (non-hydrogen) atoms. The predicted molar refractivity (Wildman–Crippen MR) is 114 cm³/mol. The molecule has 1 unspecified atom stereocenters. The number of anilines is 2. The van der Waals surface area contributed by atoms with E-state index < -0.39 is 0 Å². The van der Waals surface area contributed by atoms with Gasteiger partial charge in [0, 0.05) is 29.0 Å². The normalized spacial score (nSPS) is 18.9. The van der Waals surface area contributed by atoms with Gasteiger partial charge >= 0.3 is 0 Å². The summed E-state index contributed by atoms with van der Waals surface area (Å²) in [5.74, 6) is 0.839. The minimum atomic E-state index is 0.529. The average molecular weight is 420 g/mol. The summed E-state index contributed by atoms with van der Waals surface area (Å²) < 4.78 is 7.99. The van der Waals surface area contributed by atoms with Gasteiger partial charge in [0.2, 0.25) is 5.13 Å². The lowest BCUT2D eigenvalue weighted by molar-refractivity contribution is -0.956. The van der Waals surface area contributed by atoms with Crippen LogP contribution in [0.3, 0.4) is 0 Å². The Kier molecular flexibility index (Phi) is 5.58. The third-order valence-electron chi connectivity index (χ3n) is 5.03. The van der Waals surface area contributed by atoms with Crippen LogP contribution in [0, 0.1) is 3.95 Å². The van der Waals surface area contributed by atoms with Crippen molar-refractivity contribution in [3.8, 4) is 5.75 Å². The van der Waals surface area contributed by atoms with Gasteiger partial charge in [-0.2, -0.15) is 4.68 Å². The van der Waals surface area contributed by atoms with Crippen LogP contribution in [-0.4, -0.2) is 23.4 Å². The third-order valence-corrected chi connectivity index (χ3v) is 7.25. The average Bonchev–Trinajstić information content (AvgIpc) is 3.29. The number of methoxy groups -OCH3 is 1. The van der Waals surface area contributed by atoms with Crippen molar-refractivity contribution in [2.24, 2.45) is 0 Å². The molecule has 2 N–H and O–H groups in total. The summed E-state index contributed by atoms with van der Waals surface area (Å²) in [5.41, 5.74) is 2.49. The molecule has 0 aliphatic carbocycles. The molecule has 2 atom stereocenters. The van der Waals surface area contributed by atoms with E-state index in [9.17, 15) is 0 Å². The quantitative estimate of drug-likeness (QED) is 0.592. The first-order chi connectivity index (χ1) is 13.2. The number of thiophene rings is 1. The second kappa shape index (κ2) is 8.10. The summed E-state index contributed by atoms with van der Waals surface area (Å²) in [6.45, 7) is 4.22. The van der Waals surface area contributed by atoms with Crippen LogP contribution in [-0.2, 0) is 13.1 Å². The van der Waals surface area contributed by atoms with Gasteiger partial charge in [-0.05, 0) is 47.9 Å². The molecular weight excluding hydrogens is 396 g/mol. The number of quaternary nitrogens is 1. The van der Waals surface area contributed by atoms with E-state index in [1.165, 1.54) is 16.9 Å². The molecule has 142 valence electrons. The largest absolute Gasteiger partial charge is 0.497 e. The molecule has 1 aliphatic rings. The first-order valence-electron chi connectivity index (χ1n) is 9.07. The SMILES string of the molecule is CC[C@H]1c2ccsc2CC[NH+]1Cn1nc(Nc2ccc(OC)cc2)sc1=S. The van der Waals surface area contributed by atoms with E-state index in [0.717, 1.165) is 46.6 Å². The molecule has 0 fully saturated rings. The molecule has 0 saturated carbocycles. The predicted octanol–water partition coefficient (Wildman–Crippen LogP) is 4.04. The summed E-state index contributed by atoms with van der Waals surface area (Å²) in [7, 11) is 1.67. The highest BCUT2D eigenvalue weighted by Gasteiger charge is 2.31. The van der Waals surface area contributed by atoms with Gasteiger partial charge < -0.3 is 15.0 Å². The van der Waals surface area contributed by atoms with Gasteiger partial charge in [-0.15, -0.1) is 16.4 Å². The van der Waals surface area contributed by atoms with Crippen molar-refractivity contribution in [1.29, 1.82) is 0 Å². The molecular formula is C19H23N4OS3+. The first kappa shape index (κ1) is 18.6. The molecule has 4 rings (SSSR count). The number of fused-ring (bicyclic) bond motifs is 1. The second-order valence-corrected chi connectivity index (χ2v) is 9.23. The van der Waals surface area contributed by atoms with E-state index in [2.05, 4.69) is 23.7 Å². The standard InChI is InChI=1S/C19H22N4OS3/c1-3-16-15-9-11-26-17(15)8-10-22(16)12-23-19(25)27-18(21-23)20-13-4-6-14(24-2)7-5-13/h4-7,9,11,16H,3,8,10,12H2,1-2H3,(H,20,21)/p+1/t16-/m0/s1. The van der Waals surface area contributed by atoms with Gasteiger partial charge in [-0.1, -0.05) is 18.3 Å². The molecule has 1 aliphatic heterocycles. The molecule has 0 amide bonds. The van der Waals surface area contributed by atoms with Crippen molar-refractivity contribution < 1.29 is 9.64 Å². The molecule has 0 bridgehead atoms. The Morgan fingerprint density at radius 2 is 2.15 bits per heavy atom.